The molecule has 3 aliphatic heterocycles. The molecule has 2 amide bonds. The Bertz CT molecular complexity index is 708. The molecule has 0 aromatic carbocycles. The van der Waals surface area contributed by atoms with Gasteiger partial charge in [-0.25, -0.2) is 9.59 Å². The van der Waals surface area contributed by atoms with Gasteiger partial charge < -0.3 is 24.7 Å². The van der Waals surface area contributed by atoms with Gasteiger partial charge in [0, 0.05) is 13.1 Å². The molecule has 0 unspecified atom stereocenters. The Morgan fingerprint density at radius 2 is 2.24 bits per heavy atom. The Morgan fingerprint density at radius 1 is 1.52 bits per heavy atom. The number of carboxylic acid groups (broad SMARTS) is 1. The minimum absolute atomic E-state index is 0.0422. The number of nitrogens with zero attached hydrogens (tertiary/aromatic N) is 2. The lowest BCUT2D eigenvalue weighted by atomic mass is 9.82. The SMILES string of the molecule is C=CCOC(=O)N1CC=C(C2=C(C(=O)O)N3C(=O)[C@H]([C@@H](C)O)[C@H]3C2)C1. The summed E-state index contributed by atoms with van der Waals surface area (Å²) in [5.74, 6) is -2.13. The third kappa shape index (κ3) is 2.72. The molecule has 134 valence electrons. The zero-order valence-corrected chi connectivity index (χ0v) is 13.8. The second-order valence-electron chi connectivity index (χ2n) is 6.35. The number of amides is 2. The molecule has 0 bridgehead atoms. The molecule has 1 fully saturated rings. The van der Waals surface area contributed by atoms with Gasteiger partial charge in [0.15, 0.2) is 0 Å². The summed E-state index contributed by atoms with van der Waals surface area (Å²) < 4.78 is 4.99. The highest BCUT2D eigenvalue weighted by atomic mass is 16.6. The number of ether oxygens (including phenoxy) is 1. The van der Waals surface area contributed by atoms with Crippen LogP contribution in [0.1, 0.15) is 13.3 Å². The van der Waals surface area contributed by atoms with Gasteiger partial charge >= 0.3 is 12.1 Å². The van der Waals surface area contributed by atoms with Crippen LogP contribution in [0.5, 0.6) is 0 Å². The van der Waals surface area contributed by atoms with Crippen molar-refractivity contribution < 1.29 is 29.3 Å². The van der Waals surface area contributed by atoms with Gasteiger partial charge in [-0.1, -0.05) is 18.7 Å². The number of fused-ring (bicyclic) bond motifs is 1. The van der Waals surface area contributed by atoms with E-state index < -0.39 is 24.1 Å². The second kappa shape index (κ2) is 6.36. The van der Waals surface area contributed by atoms with E-state index in [1.165, 1.54) is 22.8 Å². The molecule has 25 heavy (non-hydrogen) atoms. The van der Waals surface area contributed by atoms with Crippen LogP contribution >= 0.6 is 0 Å². The van der Waals surface area contributed by atoms with Crippen molar-refractivity contribution in [3.63, 3.8) is 0 Å². The molecule has 1 saturated heterocycles. The topological polar surface area (TPSA) is 107 Å². The zero-order valence-electron chi connectivity index (χ0n) is 13.8. The third-order valence-electron chi connectivity index (χ3n) is 4.82. The van der Waals surface area contributed by atoms with E-state index in [2.05, 4.69) is 6.58 Å². The van der Waals surface area contributed by atoms with Gasteiger partial charge in [0.2, 0.25) is 5.91 Å². The number of carbonyl (C=O) groups excluding carboxylic acids is 2. The smallest absolute Gasteiger partial charge is 0.410 e. The van der Waals surface area contributed by atoms with Crippen LogP contribution in [0.25, 0.3) is 0 Å². The maximum atomic E-state index is 12.2. The standard InChI is InChI=1S/C17H20N2O6/c1-3-6-25-17(24)18-5-4-10(8-18)11-7-12-13(9(2)20)15(21)19(12)14(11)16(22)23/h3-4,9,12-13,20H,1,5-8H2,2H3,(H,22,23)/t9-,12-,13-/m1/s1. The normalized spacial score (nSPS) is 26.2. The van der Waals surface area contributed by atoms with Crippen molar-refractivity contribution >= 4 is 18.0 Å². The monoisotopic (exact) mass is 348 g/mol. The Labute approximate surface area is 144 Å². The summed E-state index contributed by atoms with van der Waals surface area (Å²) in [7, 11) is 0. The van der Waals surface area contributed by atoms with Crippen LogP contribution in [-0.4, -0.2) is 69.8 Å². The maximum absolute atomic E-state index is 12.2. The van der Waals surface area contributed by atoms with E-state index in [4.69, 9.17) is 4.74 Å². The van der Waals surface area contributed by atoms with Gasteiger partial charge in [0.05, 0.1) is 18.1 Å². The quantitative estimate of drug-likeness (QED) is 0.553. The molecule has 0 radical (unpaired) electrons. The lowest BCUT2D eigenvalue weighted by Gasteiger charge is -2.44. The lowest BCUT2D eigenvalue weighted by molar-refractivity contribution is -0.161. The first kappa shape index (κ1) is 17.2. The average molecular weight is 348 g/mol. The van der Waals surface area contributed by atoms with E-state index in [-0.39, 0.29) is 30.8 Å². The molecule has 0 aliphatic carbocycles. The molecule has 0 aromatic rings. The number of hydrogen-bond donors (Lipinski definition) is 2. The van der Waals surface area contributed by atoms with E-state index in [1.54, 1.807) is 6.08 Å². The van der Waals surface area contributed by atoms with Gasteiger partial charge in [-0.2, -0.15) is 0 Å². The second-order valence-corrected chi connectivity index (χ2v) is 6.35. The molecular weight excluding hydrogens is 328 g/mol. The summed E-state index contributed by atoms with van der Waals surface area (Å²) in [6.07, 6.45) is 2.29. The number of aliphatic carboxylic acids is 1. The summed E-state index contributed by atoms with van der Waals surface area (Å²) >= 11 is 0. The van der Waals surface area contributed by atoms with Crippen LogP contribution < -0.4 is 0 Å². The van der Waals surface area contributed by atoms with Gasteiger partial charge in [-0.15, -0.1) is 0 Å². The van der Waals surface area contributed by atoms with Gasteiger partial charge in [0.25, 0.3) is 0 Å². The predicted octanol–water partition coefficient (Wildman–Crippen LogP) is 0.501. The Hall–Kier alpha value is -2.61. The first-order chi connectivity index (χ1) is 11.9. The van der Waals surface area contributed by atoms with Crippen molar-refractivity contribution in [2.45, 2.75) is 25.5 Å². The van der Waals surface area contributed by atoms with Crippen molar-refractivity contribution in [1.29, 1.82) is 0 Å². The summed E-state index contributed by atoms with van der Waals surface area (Å²) in [6, 6.07) is -0.337. The Morgan fingerprint density at radius 3 is 2.84 bits per heavy atom. The highest BCUT2D eigenvalue weighted by Gasteiger charge is 2.57. The number of aliphatic hydroxyl groups is 1. The minimum atomic E-state index is -1.18. The van der Waals surface area contributed by atoms with Crippen LogP contribution in [0.3, 0.4) is 0 Å². The number of carboxylic acids is 1. The third-order valence-corrected chi connectivity index (χ3v) is 4.82. The molecule has 0 spiro atoms. The van der Waals surface area contributed by atoms with Crippen LogP contribution in [0.2, 0.25) is 0 Å². The highest BCUT2D eigenvalue weighted by molar-refractivity contribution is 6.00. The molecule has 3 aliphatic rings. The van der Waals surface area contributed by atoms with E-state index in [0.29, 0.717) is 24.1 Å². The number of rotatable bonds is 5. The van der Waals surface area contributed by atoms with Crippen molar-refractivity contribution in [1.82, 2.24) is 9.80 Å². The van der Waals surface area contributed by atoms with Crippen molar-refractivity contribution in [2.75, 3.05) is 19.7 Å². The Balaban J connectivity index is 1.78. The van der Waals surface area contributed by atoms with Crippen LogP contribution in [0.15, 0.2) is 35.6 Å². The minimum Gasteiger partial charge on any atom is -0.477 e. The summed E-state index contributed by atoms with van der Waals surface area (Å²) in [6.45, 7) is 5.67. The summed E-state index contributed by atoms with van der Waals surface area (Å²) in [5, 5.41) is 19.3. The predicted molar refractivity (Wildman–Crippen MR) is 86.3 cm³/mol. The average Bonchev–Trinajstić information content (AvgIpc) is 3.14. The van der Waals surface area contributed by atoms with E-state index in [1.807, 2.05) is 0 Å². The lowest BCUT2D eigenvalue weighted by Crippen LogP contribution is -2.61. The Kier molecular flexibility index (Phi) is 4.38. The first-order valence-electron chi connectivity index (χ1n) is 8.06. The van der Waals surface area contributed by atoms with Crippen molar-refractivity contribution in [3.05, 3.63) is 35.6 Å². The molecule has 3 atom stereocenters. The fraction of sp³-hybridized carbons (Fsp3) is 0.471. The number of carbonyl (C=O) groups is 3. The molecule has 0 saturated carbocycles. The molecule has 8 nitrogen and oxygen atoms in total. The first-order valence-corrected chi connectivity index (χ1v) is 8.06. The molecule has 2 N–H and O–H groups in total. The van der Waals surface area contributed by atoms with Crippen molar-refractivity contribution in [3.8, 4) is 0 Å². The number of β-lactam (4-membered cyclic amide) rings is 1. The van der Waals surface area contributed by atoms with E-state index >= 15 is 0 Å². The number of hydrogen-bond acceptors (Lipinski definition) is 5. The number of aliphatic hydroxyl groups excluding tert-OH is 1. The van der Waals surface area contributed by atoms with Gasteiger partial charge in [0.1, 0.15) is 12.3 Å². The highest BCUT2D eigenvalue weighted by Crippen LogP contribution is 2.46. The summed E-state index contributed by atoms with van der Waals surface area (Å²) in [4.78, 5) is 38.5. The fourth-order valence-corrected chi connectivity index (χ4v) is 3.69. The zero-order chi connectivity index (χ0) is 18.3. The van der Waals surface area contributed by atoms with Crippen LogP contribution in [-0.2, 0) is 14.3 Å². The molecule has 0 aromatic heterocycles. The molecule has 3 heterocycles. The van der Waals surface area contributed by atoms with Crippen LogP contribution in [0, 0.1) is 5.92 Å². The van der Waals surface area contributed by atoms with E-state index in [9.17, 15) is 24.6 Å². The van der Waals surface area contributed by atoms with Gasteiger partial charge in [-0.05, 0) is 24.5 Å². The van der Waals surface area contributed by atoms with Gasteiger partial charge in [-0.3, -0.25) is 4.79 Å². The molecular formula is C17H20N2O6. The molecule has 8 heteroatoms. The molecule has 3 rings (SSSR count). The summed E-state index contributed by atoms with van der Waals surface area (Å²) in [5.41, 5.74) is 1.21. The van der Waals surface area contributed by atoms with E-state index in [0.717, 1.165) is 0 Å². The van der Waals surface area contributed by atoms with Crippen molar-refractivity contribution in [2.24, 2.45) is 5.92 Å². The fourth-order valence-electron chi connectivity index (χ4n) is 3.69. The largest absolute Gasteiger partial charge is 0.477 e. The maximum Gasteiger partial charge on any atom is 0.410 e. The van der Waals surface area contributed by atoms with Crippen LogP contribution in [0.4, 0.5) is 4.79 Å².